The van der Waals surface area contributed by atoms with Gasteiger partial charge in [0.2, 0.25) is 10.0 Å². The highest BCUT2D eigenvalue weighted by Crippen LogP contribution is 2.30. The molecule has 1 aliphatic carbocycles. The van der Waals surface area contributed by atoms with E-state index in [2.05, 4.69) is 16.6 Å². The summed E-state index contributed by atoms with van der Waals surface area (Å²) < 4.78 is 26.8. The molecule has 2 rings (SSSR count). The lowest BCUT2D eigenvalue weighted by atomic mass is 10.1. The van der Waals surface area contributed by atoms with Crippen molar-refractivity contribution in [3.63, 3.8) is 0 Å². The van der Waals surface area contributed by atoms with Crippen LogP contribution < -0.4 is 4.72 Å². The third kappa shape index (κ3) is 3.81. The number of rotatable bonds is 4. The lowest BCUT2D eigenvalue weighted by molar-refractivity contribution is 0.498. The molecular weight excluding hydrogens is 307 g/mol. The van der Waals surface area contributed by atoms with E-state index in [9.17, 15) is 8.42 Å². The Labute approximate surface area is 123 Å². The summed E-state index contributed by atoms with van der Waals surface area (Å²) in [7, 11) is -3.56. The summed E-state index contributed by atoms with van der Waals surface area (Å²) in [6.07, 6.45) is 4.53. The van der Waals surface area contributed by atoms with Crippen molar-refractivity contribution >= 4 is 33.2 Å². The van der Waals surface area contributed by atoms with Crippen molar-refractivity contribution in [3.05, 3.63) is 22.4 Å². The van der Waals surface area contributed by atoms with Crippen LogP contribution in [0.25, 0.3) is 0 Å². The Kier molecular flexibility index (Phi) is 4.71. The number of sulfonamides is 1. The van der Waals surface area contributed by atoms with Gasteiger partial charge in [-0.05, 0) is 30.7 Å². The molecule has 0 amide bonds. The first kappa shape index (κ1) is 15.0. The van der Waals surface area contributed by atoms with E-state index in [4.69, 9.17) is 23.2 Å². The molecule has 1 aliphatic rings. The standard InChI is InChI=1S/C12H16Cl2N2O2S/c1-8-2-3-9(4-8)6-16-19(17,18)10-5-11(13)12(14)15-7-10/h5,7-9,16H,2-4,6H2,1H3. The Balaban J connectivity index is 2.03. The van der Waals surface area contributed by atoms with E-state index in [0.29, 0.717) is 18.4 Å². The maximum Gasteiger partial charge on any atom is 0.242 e. The topological polar surface area (TPSA) is 59.1 Å². The van der Waals surface area contributed by atoms with Gasteiger partial charge in [0.1, 0.15) is 10.0 Å². The molecule has 0 aromatic carbocycles. The third-order valence-corrected chi connectivity index (χ3v) is 5.52. The summed E-state index contributed by atoms with van der Waals surface area (Å²) in [5.74, 6) is 1.10. The van der Waals surface area contributed by atoms with Gasteiger partial charge in [0.25, 0.3) is 0 Å². The summed E-state index contributed by atoms with van der Waals surface area (Å²) in [4.78, 5) is 3.80. The van der Waals surface area contributed by atoms with Crippen LogP contribution in [0.4, 0.5) is 0 Å². The van der Waals surface area contributed by atoms with Crippen LogP contribution in [0.15, 0.2) is 17.2 Å². The second-order valence-corrected chi connectivity index (χ2v) is 7.61. The fourth-order valence-corrected chi connectivity index (χ4v) is 3.79. The summed E-state index contributed by atoms with van der Waals surface area (Å²) in [5.41, 5.74) is 0. The molecule has 106 valence electrons. The van der Waals surface area contributed by atoms with Gasteiger partial charge in [-0.3, -0.25) is 0 Å². The van der Waals surface area contributed by atoms with Crippen LogP contribution >= 0.6 is 23.2 Å². The van der Waals surface area contributed by atoms with Crippen LogP contribution in [-0.2, 0) is 10.0 Å². The number of nitrogens with one attached hydrogen (secondary N) is 1. The van der Waals surface area contributed by atoms with E-state index in [1.165, 1.54) is 18.7 Å². The van der Waals surface area contributed by atoms with Crippen molar-refractivity contribution in [2.45, 2.75) is 31.1 Å². The highest BCUT2D eigenvalue weighted by Gasteiger charge is 2.24. The van der Waals surface area contributed by atoms with Crippen LogP contribution in [0.3, 0.4) is 0 Å². The molecule has 4 nitrogen and oxygen atoms in total. The minimum Gasteiger partial charge on any atom is -0.242 e. The number of pyridine rings is 1. The van der Waals surface area contributed by atoms with E-state index >= 15 is 0 Å². The fourth-order valence-electron chi connectivity index (χ4n) is 2.37. The van der Waals surface area contributed by atoms with E-state index in [0.717, 1.165) is 12.8 Å². The molecule has 1 N–H and O–H groups in total. The Morgan fingerprint density at radius 3 is 2.74 bits per heavy atom. The molecule has 2 atom stereocenters. The Morgan fingerprint density at radius 2 is 2.16 bits per heavy atom. The molecule has 1 saturated carbocycles. The van der Waals surface area contributed by atoms with Crippen LogP contribution in [-0.4, -0.2) is 19.9 Å². The zero-order valence-corrected chi connectivity index (χ0v) is 12.9. The molecule has 0 spiro atoms. The first-order chi connectivity index (χ1) is 8.88. The van der Waals surface area contributed by atoms with Crippen LogP contribution in [0.5, 0.6) is 0 Å². The average Bonchev–Trinajstić information content (AvgIpc) is 2.76. The highest BCUT2D eigenvalue weighted by atomic mass is 35.5. The molecule has 0 bridgehead atoms. The minimum absolute atomic E-state index is 0.0490. The minimum atomic E-state index is -3.56. The monoisotopic (exact) mass is 322 g/mol. The maximum atomic E-state index is 12.1. The van der Waals surface area contributed by atoms with E-state index < -0.39 is 10.0 Å². The third-order valence-electron chi connectivity index (χ3n) is 3.45. The van der Waals surface area contributed by atoms with Gasteiger partial charge in [0, 0.05) is 12.7 Å². The van der Waals surface area contributed by atoms with E-state index in [-0.39, 0.29) is 15.1 Å². The lowest BCUT2D eigenvalue weighted by Crippen LogP contribution is -2.28. The van der Waals surface area contributed by atoms with Gasteiger partial charge in [-0.25, -0.2) is 18.1 Å². The van der Waals surface area contributed by atoms with Crippen molar-refractivity contribution < 1.29 is 8.42 Å². The summed E-state index contributed by atoms with van der Waals surface area (Å²) in [5, 5.41) is 0.240. The second kappa shape index (κ2) is 5.95. The van der Waals surface area contributed by atoms with E-state index in [1.54, 1.807) is 0 Å². The lowest BCUT2D eigenvalue weighted by Gasteiger charge is -2.11. The predicted molar refractivity (Wildman–Crippen MR) is 76.0 cm³/mol. The molecule has 0 saturated heterocycles. The first-order valence-corrected chi connectivity index (χ1v) is 8.43. The van der Waals surface area contributed by atoms with Gasteiger partial charge < -0.3 is 0 Å². The van der Waals surface area contributed by atoms with Gasteiger partial charge >= 0.3 is 0 Å². The van der Waals surface area contributed by atoms with Crippen molar-refractivity contribution in [2.75, 3.05) is 6.54 Å². The van der Waals surface area contributed by atoms with Crippen molar-refractivity contribution in [1.82, 2.24) is 9.71 Å². The summed E-state index contributed by atoms with van der Waals surface area (Å²) in [6, 6.07) is 1.32. The quantitative estimate of drug-likeness (QED) is 0.866. The Hall–Kier alpha value is -0.360. The molecule has 19 heavy (non-hydrogen) atoms. The van der Waals surface area contributed by atoms with Crippen LogP contribution in [0.2, 0.25) is 10.2 Å². The maximum absolute atomic E-state index is 12.1. The van der Waals surface area contributed by atoms with Gasteiger partial charge in [-0.1, -0.05) is 36.5 Å². The number of nitrogens with zero attached hydrogens (tertiary/aromatic N) is 1. The van der Waals surface area contributed by atoms with Gasteiger partial charge in [0.05, 0.1) is 5.02 Å². The summed E-state index contributed by atoms with van der Waals surface area (Å²) >= 11 is 11.4. The fraction of sp³-hybridized carbons (Fsp3) is 0.583. The average molecular weight is 323 g/mol. The number of hydrogen-bond donors (Lipinski definition) is 1. The molecular formula is C12H16Cl2N2O2S. The first-order valence-electron chi connectivity index (χ1n) is 6.19. The number of halogens is 2. The molecule has 2 unspecified atom stereocenters. The van der Waals surface area contributed by atoms with Crippen LogP contribution in [0.1, 0.15) is 26.2 Å². The normalized spacial score (nSPS) is 23.7. The van der Waals surface area contributed by atoms with Crippen molar-refractivity contribution in [3.8, 4) is 0 Å². The zero-order chi connectivity index (χ0) is 14.0. The Bertz CT molecular complexity index is 563. The van der Waals surface area contributed by atoms with Crippen molar-refractivity contribution in [1.29, 1.82) is 0 Å². The number of hydrogen-bond acceptors (Lipinski definition) is 3. The molecule has 7 heteroatoms. The molecule has 1 fully saturated rings. The number of aromatic nitrogens is 1. The van der Waals surface area contributed by atoms with Gasteiger partial charge in [-0.15, -0.1) is 0 Å². The predicted octanol–water partition coefficient (Wildman–Crippen LogP) is 3.10. The largest absolute Gasteiger partial charge is 0.242 e. The molecule has 1 aromatic rings. The molecule has 1 aromatic heterocycles. The highest BCUT2D eigenvalue weighted by molar-refractivity contribution is 7.89. The second-order valence-electron chi connectivity index (χ2n) is 5.08. The molecule has 1 heterocycles. The van der Waals surface area contributed by atoms with Crippen molar-refractivity contribution in [2.24, 2.45) is 11.8 Å². The summed E-state index contributed by atoms with van der Waals surface area (Å²) in [6.45, 7) is 2.66. The van der Waals surface area contributed by atoms with Gasteiger partial charge in [-0.2, -0.15) is 0 Å². The smallest absolute Gasteiger partial charge is 0.242 e. The SMILES string of the molecule is CC1CCC(CNS(=O)(=O)c2cnc(Cl)c(Cl)c2)C1. The van der Waals surface area contributed by atoms with Crippen LogP contribution in [0, 0.1) is 11.8 Å². The van der Waals surface area contributed by atoms with Gasteiger partial charge in [0.15, 0.2) is 0 Å². The molecule has 0 aliphatic heterocycles. The Morgan fingerprint density at radius 1 is 1.42 bits per heavy atom. The zero-order valence-electron chi connectivity index (χ0n) is 10.6. The molecule has 0 radical (unpaired) electrons. The van der Waals surface area contributed by atoms with E-state index in [1.807, 2.05) is 0 Å².